The average Bonchev–Trinajstić information content (AvgIpc) is 2.35. The molecule has 1 heterocycles. The van der Waals surface area contributed by atoms with Gasteiger partial charge in [-0.15, -0.1) is 11.6 Å². The zero-order valence-corrected chi connectivity index (χ0v) is 10.3. The molecule has 0 aromatic heterocycles. The summed E-state index contributed by atoms with van der Waals surface area (Å²) >= 11 is 5.66. The van der Waals surface area contributed by atoms with Crippen LogP contribution in [0.25, 0.3) is 0 Å². The molecule has 5 heteroatoms. The minimum Gasteiger partial charge on any atom is -0.453 e. The Bertz CT molecular complexity index is 290. The second-order valence-electron chi connectivity index (χ2n) is 4.01. The van der Waals surface area contributed by atoms with Crippen LogP contribution in [-0.2, 0) is 4.74 Å². The van der Waals surface area contributed by atoms with E-state index in [1.54, 1.807) is 4.90 Å². The maximum absolute atomic E-state index is 11.6. The molecule has 0 saturated carbocycles. The molecule has 0 radical (unpaired) electrons. The Morgan fingerprint density at radius 1 is 1.62 bits per heavy atom. The molecular formula is C11H17ClN2O2. The Balaban J connectivity index is 2.84. The fourth-order valence-electron chi connectivity index (χ4n) is 2.20. The van der Waals surface area contributed by atoms with Gasteiger partial charge < -0.3 is 4.74 Å². The summed E-state index contributed by atoms with van der Waals surface area (Å²) in [6.07, 6.45) is 3.58. The summed E-state index contributed by atoms with van der Waals surface area (Å²) in [4.78, 5) is 13.2. The number of methoxy groups -OCH3 is 1. The number of ether oxygens (including phenoxy) is 1. The van der Waals surface area contributed by atoms with Crippen LogP contribution in [0.3, 0.4) is 0 Å². The molecule has 0 bridgehead atoms. The quantitative estimate of drug-likeness (QED) is 0.717. The number of hydrogen-bond acceptors (Lipinski definition) is 3. The van der Waals surface area contributed by atoms with E-state index in [9.17, 15) is 10.1 Å². The normalized spacial score (nSPS) is 24.9. The maximum atomic E-state index is 11.6. The van der Waals surface area contributed by atoms with Crippen LogP contribution in [0.5, 0.6) is 0 Å². The highest BCUT2D eigenvalue weighted by molar-refractivity contribution is 6.17. The van der Waals surface area contributed by atoms with Gasteiger partial charge in [-0.2, -0.15) is 5.26 Å². The third-order valence-corrected chi connectivity index (χ3v) is 3.33. The topological polar surface area (TPSA) is 53.3 Å². The molecule has 1 aliphatic rings. The van der Waals surface area contributed by atoms with Crippen molar-refractivity contribution in [2.24, 2.45) is 0 Å². The number of rotatable bonds is 3. The van der Waals surface area contributed by atoms with Crippen molar-refractivity contribution in [2.75, 3.05) is 19.5 Å². The van der Waals surface area contributed by atoms with Gasteiger partial charge in [0.15, 0.2) is 0 Å². The van der Waals surface area contributed by atoms with Gasteiger partial charge in [0, 0.05) is 12.4 Å². The van der Waals surface area contributed by atoms with Crippen LogP contribution in [-0.4, -0.2) is 36.1 Å². The number of likely N-dealkylation sites (tertiary alicyclic amines) is 1. The van der Waals surface area contributed by atoms with E-state index in [0.29, 0.717) is 18.8 Å². The summed E-state index contributed by atoms with van der Waals surface area (Å²) in [5, 5.41) is 9.34. The van der Waals surface area contributed by atoms with E-state index in [1.165, 1.54) is 7.11 Å². The minimum atomic E-state index is -0.708. The van der Waals surface area contributed by atoms with Crippen LogP contribution in [0.1, 0.15) is 32.1 Å². The number of hydrogen-bond donors (Lipinski definition) is 0. The Morgan fingerprint density at radius 2 is 2.38 bits per heavy atom. The number of carbonyl (C=O) groups excluding carboxylic acids is 1. The molecule has 1 aliphatic heterocycles. The molecule has 0 aliphatic carbocycles. The standard InChI is InChI=1S/C11H17ClN2O2/c1-16-10(15)14-8-3-2-5-11(14,9-13)6-4-7-12/h2-8H2,1H3. The van der Waals surface area contributed by atoms with Crippen molar-refractivity contribution in [1.82, 2.24) is 4.90 Å². The zero-order valence-electron chi connectivity index (χ0n) is 9.54. The number of carbonyl (C=O) groups is 1. The number of piperidine rings is 1. The highest BCUT2D eigenvalue weighted by Gasteiger charge is 2.41. The molecule has 1 atom stereocenters. The Kier molecular flexibility index (Phi) is 4.88. The third kappa shape index (κ3) is 2.59. The fourth-order valence-corrected chi connectivity index (χ4v) is 2.34. The molecule has 1 amide bonds. The number of alkyl halides is 1. The molecule has 0 N–H and O–H groups in total. The van der Waals surface area contributed by atoms with Crippen molar-refractivity contribution in [3.8, 4) is 6.07 Å². The summed E-state index contributed by atoms with van der Waals surface area (Å²) in [5.41, 5.74) is -0.708. The van der Waals surface area contributed by atoms with E-state index in [2.05, 4.69) is 6.07 Å². The van der Waals surface area contributed by atoms with Gasteiger partial charge >= 0.3 is 6.09 Å². The van der Waals surface area contributed by atoms with E-state index in [-0.39, 0.29) is 0 Å². The van der Waals surface area contributed by atoms with Crippen molar-refractivity contribution in [1.29, 1.82) is 5.26 Å². The molecule has 1 rings (SSSR count). The van der Waals surface area contributed by atoms with E-state index >= 15 is 0 Å². The lowest BCUT2D eigenvalue weighted by Crippen LogP contribution is -2.53. The lowest BCUT2D eigenvalue weighted by molar-refractivity contribution is 0.0595. The molecule has 16 heavy (non-hydrogen) atoms. The summed E-state index contributed by atoms with van der Waals surface area (Å²) in [6, 6.07) is 2.28. The molecule has 1 saturated heterocycles. The van der Waals surface area contributed by atoms with Crippen molar-refractivity contribution in [3.05, 3.63) is 0 Å². The van der Waals surface area contributed by atoms with Crippen LogP contribution in [0.2, 0.25) is 0 Å². The van der Waals surface area contributed by atoms with Crippen molar-refractivity contribution < 1.29 is 9.53 Å². The smallest absolute Gasteiger partial charge is 0.410 e. The molecule has 90 valence electrons. The predicted octanol–water partition coefficient (Wildman–Crippen LogP) is 2.52. The Labute approximate surface area is 101 Å². The van der Waals surface area contributed by atoms with Crippen molar-refractivity contribution >= 4 is 17.7 Å². The highest BCUT2D eigenvalue weighted by atomic mass is 35.5. The predicted molar refractivity (Wildman–Crippen MR) is 61.3 cm³/mol. The fraction of sp³-hybridized carbons (Fsp3) is 0.818. The van der Waals surface area contributed by atoms with Gasteiger partial charge in [-0.05, 0) is 32.1 Å². The number of nitrogens with zero attached hydrogens (tertiary/aromatic N) is 2. The van der Waals surface area contributed by atoms with Gasteiger partial charge in [-0.1, -0.05) is 0 Å². The summed E-state index contributed by atoms with van der Waals surface area (Å²) in [7, 11) is 1.35. The van der Waals surface area contributed by atoms with E-state index in [4.69, 9.17) is 16.3 Å². The van der Waals surface area contributed by atoms with Crippen LogP contribution >= 0.6 is 11.6 Å². The minimum absolute atomic E-state index is 0.407. The van der Waals surface area contributed by atoms with Gasteiger partial charge in [-0.25, -0.2) is 4.79 Å². The van der Waals surface area contributed by atoms with Gasteiger partial charge in [-0.3, -0.25) is 4.90 Å². The SMILES string of the molecule is COC(=O)N1CCCCC1(C#N)CCCCl. The molecule has 1 fully saturated rings. The highest BCUT2D eigenvalue weighted by Crippen LogP contribution is 2.32. The zero-order chi connectivity index (χ0) is 12.0. The molecule has 1 unspecified atom stereocenters. The van der Waals surface area contributed by atoms with Crippen LogP contribution in [0.4, 0.5) is 4.79 Å². The molecular weight excluding hydrogens is 228 g/mol. The lowest BCUT2D eigenvalue weighted by atomic mass is 9.84. The van der Waals surface area contributed by atoms with E-state index in [0.717, 1.165) is 25.7 Å². The third-order valence-electron chi connectivity index (χ3n) is 3.07. The number of halogens is 1. The van der Waals surface area contributed by atoms with Gasteiger partial charge in [0.1, 0.15) is 5.54 Å². The van der Waals surface area contributed by atoms with Crippen LogP contribution in [0, 0.1) is 11.3 Å². The van der Waals surface area contributed by atoms with Crippen LogP contribution < -0.4 is 0 Å². The Morgan fingerprint density at radius 3 is 2.94 bits per heavy atom. The Hall–Kier alpha value is -0.950. The van der Waals surface area contributed by atoms with Crippen molar-refractivity contribution in [3.63, 3.8) is 0 Å². The first-order valence-corrected chi connectivity index (χ1v) is 6.06. The maximum Gasteiger partial charge on any atom is 0.410 e. The molecule has 0 spiro atoms. The van der Waals surface area contributed by atoms with Crippen molar-refractivity contribution in [2.45, 2.75) is 37.6 Å². The number of amides is 1. The first kappa shape index (κ1) is 13.1. The second-order valence-corrected chi connectivity index (χ2v) is 4.39. The van der Waals surface area contributed by atoms with E-state index in [1.807, 2.05) is 0 Å². The average molecular weight is 245 g/mol. The second kappa shape index (κ2) is 5.95. The molecule has 0 aromatic carbocycles. The largest absolute Gasteiger partial charge is 0.453 e. The monoisotopic (exact) mass is 244 g/mol. The van der Waals surface area contributed by atoms with Gasteiger partial charge in [0.2, 0.25) is 0 Å². The number of nitriles is 1. The molecule has 4 nitrogen and oxygen atoms in total. The lowest BCUT2D eigenvalue weighted by Gasteiger charge is -2.41. The van der Waals surface area contributed by atoms with Gasteiger partial charge in [0.25, 0.3) is 0 Å². The summed E-state index contributed by atoms with van der Waals surface area (Å²) < 4.78 is 4.73. The van der Waals surface area contributed by atoms with Crippen LogP contribution in [0.15, 0.2) is 0 Å². The first-order valence-electron chi connectivity index (χ1n) is 5.53. The van der Waals surface area contributed by atoms with E-state index < -0.39 is 11.6 Å². The summed E-state index contributed by atoms with van der Waals surface area (Å²) in [5.74, 6) is 0.512. The molecule has 0 aromatic rings. The summed E-state index contributed by atoms with van der Waals surface area (Å²) in [6.45, 7) is 0.600. The van der Waals surface area contributed by atoms with Gasteiger partial charge in [0.05, 0.1) is 13.2 Å². The first-order chi connectivity index (χ1) is 7.70.